The summed E-state index contributed by atoms with van der Waals surface area (Å²) in [6, 6.07) is 13.2. The van der Waals surface area contributed by atoms with Crippen LogP contribution in [0.4, 0.5) is 0 Å². The molecule has 1 radical (unpaired) electrons. The molecule has 4 nitrogen and oxygen atoms in total. The van der Waals surface area contributed by atoms with Crippen molar-refractivity contribution in [2.75, 3.05) is 13.2 Å². The number of carbonyl (C=O) groups is 1. The van der Waals surface area contributed by atoms with Crippen LogP contribution >= 0.6 is 0 Å². The molecule has 0 unspecified atom stereocenters. The highest BCUT2D eigenvalue weighted by atomic mass is 16.5. The lowest BCUT2D eigenvalue weighted by Crippen LogP contribution is -2.00. The van der Waals surface area contributed by atoms with Crippen molar-refractivity contribution in [1.82, 2.24) is 0 Å². The molecule has 2 rings (SSSR count). The SMILES string of the molecule is CCOc1c[c]cc(OCC)c1-c1cccc(C(=O)O)c1. The molecular formula is C17H17O4. The van der Waals surface area contributed by atoms with E-state index in [9.17, 15) is 4.79 Å². The third-order valence-corrected chi connectivity index (χ3v) is 2.92. The maximum atomic E-state index is 11.1. The van der Waals surface area contributed by atoms with Gasteiger partial charge in [-0.3, -0.25) is 0 Å². The number of hydrogen-bond donors (Lipinski definition) is 1. The summed E-state index contributed by atoms with van der Waals surface area (Å²) in [7, 11) is 0. The number of hydrogen-bond acceptors (Lipinski definition) is 3. The van der Waals surface area contributed by atoms with E-state index < -0.39 is 5.97 Å². The lowest BCUT2D eigenvalue weighted by molar-refractivity contribution is 0.0697. The Kier molecular flexibility index (Phi) is 4.82. The van der Waals surface area contributed by atoms with E-state index in [0.29, 0.717) is 24.7 Å². The van der Waals surface area contributed by atoms with Crippen LogP contribution in [0.5, 0.6) is 11.5 Å². The molecule has 21 heavy (non-hydrogen) atoms. The topological polar surface area (TPSA) is 55.8 Å². The van der Waals surface area contributed by atoms with Gasteiger partial charge in [-0.15, -0.1) is 0 Å². The molecule has 0 amide bonds. The number of benzene rings is 2. The molecule has 0 fully saturated rings. The van der Waals surface area contributed by atoms with Crippen molar-refractivity contribution >= 4 is 5.97 Å². The van der Waals surface area contributed by atoms with E-state index in [1.54, 1.807) is 30.3 Å². The molecule has 0 spiro atoms. The Labute approximate surface area is 123 Å². The van der Waals surface area contributed by atoms with E-state index in [1.807, 2.05) is 19.9 Å². The van der Waals surface area contributed by atoms with Gasteiger partial charge >= 0.3 is 5.97 Å². The van der Waals surface area contributed by atoms with Gasteiger partial charge in [-0.25, -0.2) is 4.79 Å². The Balaban J connectivity index is 2.59. The summed E-state index contributed by atoms with van der Waals surface area (Å²) in [4.78, 5) is 11.1. The lowest BCUT2D eigenvalue weighted by Gasteiger charge is -2.15. The number of ether oxygens (including phenoxy) is 2. The summed E-state index contributed by atoms with van der Waals surface area (Å²) >= 11 is 0. The smallest absolute Gasteiger partial charge is 0.335 e. The van der Waals surface area contributed by atoms with Crippen molar-refractivity contribution in [3.8, 4) is 22.6 Å². The molecule has 0 aromatic heterocycles. The quantitative estimate of drug-likeness (QED) is 0.880. The van der Waals surface area contributed by atoms with Crippen molar-refractivity contribution in [2.45, 2.75) is 13.8 Å². The minimum absolute atomic E-state index is 0.227. The first-order valence-corrected chi connectivity index (χ1v) is 6.80. The molecule has 0 bridgehead atoms. The Morgan fingerprint density at radius 2 is 1.76 bits per heavy atom. The summed E-state index contributed by atoms with van der Waals surface area (Å²) in [5.41, 5.74) is 1.72. The minimum atomic E-state index is -0.963. The average Bonchev–Trinajstić information content (AvgIpc) is 2.48. The van der Waals surface area contributed by atoms with Gasteiger partial charge < -0.3 is 14.6 Å². The second-order valence-electron chi connectivity index (χ2n) is 4.31. The van der Waals surface area contributed by atoms with Crippen LogP contribution in [-0.2, 0) is 0 Å². The number of carboxylic acids is 1. The van der Waals surface area contributed by atoms with E-state index in [-0.39, 0.29) is 5.56 Å². The second kappa shape index (κ2) is 6.79. The molecule has 2 aromatic rings. The summed E-state index contributed by atoms with van der Waals surface area (Å²) < 4.78 is 11.2. The highest BCUT2D eigenvalue weighted by Crippen LogP contribution is 2.38. The van der Waals surface area contributed by atoms with Crippen LogP contribution in [0, 0.1) is 6.07 Å². The van der Waals surface area contributed by atoms with Crippen LogP contribution in [0.25, 0.3) is 11.1 Å². The molecule has 0 aliphatic carbocycles. The Bertz CT molecular complexity index is 610. The summed E-state index contributed by atoms with van der Waals surface area (Å²) in [5.74, 6) is 0.298. The Hall–Kier alpha value is -2.49. The van der Waals surface area contributed by atoms with Gasteiger partial charge in [-0.05, 0) is 49.7 Å². The summed E-state index contributed by atoms with van der Waals surface area (Å²) in [5, 5.41) is 9.13. The molecule has 1 N–H and O–H groups in total. The van der Waals surface area contributed by atoms with Crippen LogP contribution in [0.2, 0.25) is 0 Å². The lowest BCUT2D eigenvalue weighted by atomic mass is 10.0. The van der Waals surface area contributed by atoms with Crippen molar-refractivity contribution in [3.63, 3.8) is 0 Å². The fourth-order valence-electron chi connectivity index (χ4n) is 2.09. The third kappa shape index (κ3) is 3.34. The van der Waals surface area contributed by atoms with E-state index in [0.717, 1.165) is 11.1 Å². The number of aromatic carboxylic acids is 1. The predicted molar refractivity (Wildman–Crippen MR) is 80.0 cm³/mol. The average molecular weight is 285 g/mol. The fraction of sp³-hybridized carbons (Fsp3) is 0.235. The van der Waals surface area contributed by atoms with Crippen molar-refractivity contribution < 1.29 is 19.4 Å². The molecule has 0 aliphatic heterocycles. The van der Waals surface area contributed by atoms with Crippen LogP contribution in [0.15, 0.2) is 36.4 Å². The Morgan fingerprint density at radius 1 is 1.14 bits per heavy atom. The maximum absolute atomic E-state index is 11.1. The minimum Gasteiger partial charge on any atom is -0.493 e. The van der Waals surface area contributed by atoms with Crippen molar-refractivity contribution in [2.24, 2.45) is 0 Å². The van der Waals surface area contributed by atoms with E-state index >= 15 is 0 Å². The largest absolute Gasteiger partial charge is 0.493 e. The van der Waals surface area contributed by atoms with Gasteiger partial charge in [0.05, 0.1) is 24.3 Å². The zero-order valence-corrected chi connectivity index (χ0v) is 12.1. The van der Waals surface area contributed by atoms with Crippen LogP contribution in [0.3, 0.4) is 0 Å². The highest BCUT2D eigenvalue weighted by Gasteiger charge is 2.14. The molecule has 0 saturated carbocycles. The van der Waals surface area contributed by atoms with Gasteiger partial charge in [0.1, 0.15) is 11.5 Å². The summed E-state index contributed by atoms with van der Waals surface area (Å²) in [6.45, 7) is 4.81. The maximum Gasteiger partial charge on any atom is 0.335 e. The van der Waals surface area contributed by atoms with Gasteiger partial charge in [0.15, 0.2) is 0 Å². The van der Waals surface area contributed by atoms with Crippen LogP contribution in [-0.4, -0.2) is 24.3 Å². The first kappa shape index (κ1) is 14.9. The van der Waals surface area contributed by atoms with Crippen molar-refractivity contribution in [1.29, 1.82) is 0 Å². The zero-order chi connectivity index (χ0) is 15.2. The van der Waals surface area contributed by atoms with E-state index in [1.165, 1.54) is 0 Å². The number of carboxylic acid groups (broad SMARTS) is 1. The molecule has 0 heterocycles. The zero-order valence-electron chi connectivity index (χ0n) is 12.1. The molecule has 2 aromatic carbocycles. The molecular weight excluding hydrogens is 268 g/mol. The van der Waals surface area contributed by atoms with Crippen LogP contribution < -0.4 is 9.47 Å². The first-order valence-electron chi connectivity index (χ1n) is 6.80. The third-order valence-electron chi connectivity index (χ3n) is 2.92. The predicted octanol–water partition coefficient (Wildman–Crippen LogP) is 3.65. The monoisotopic (exact) mass is 285 g/mol. The molecule has 109 valence electrons. The Morgan fingerprint density at radius 3 is 2.29 bits per heavy atom. The van der Waals surface area contributed by atoms with Crippen LogP contribution in [0.1, 0.15) is 24.2 Å². The first-order chi connectivity index (χ1) is 10.2. The normalized spacial score (nSPS) is 10.2. The van der Waals surface area contributed by atoms with Gasteiger partial charge in [-0.1, -0.05) is 12.1 Å². The number of rotatable bonds is 6. The highest BCUT2D eigenvalue weighted by molar-refractivity contribution is 5.90. The fourth-order valence-corrected chi connectivity index (χ4v) is 2.09. The molecule has 0 atom stereocenters. The van der Waals surface area contributed by atoms with E-state index in [2.05, 4.69) is 6.07 Å². The van der Waals surface area contributed by atoms with Gasteiger partial charge in [0.25, 0.3) is 0 Å². The summed E-state index contributed by atoms with van der Waals surface area (Å²) in [6.07, 6.45) is 0. The van der Waals surface area contributed by atoms with Gasteiger partial charge in [0, 0.05) is 0 Å². The molecule has 4 heteroatoms. The van der Waals surface area contributed by atoms with Gasteiger partial charge in [-0.2, -0.15) is 0 Å². The molecule has 0 aliphatic rings. The second-order valence-corrected chi connectivity index (χ2v) is 4.31. The standard InChI is InChI=1S/C17H17O4/c1-3-20-14-9-6-10-15(21-4-2)16(14)12-7-5-8-13(11-12)17(18)19/h5,7-11H,3-4H2,1-2H3,(H,18,19). The van der Waals surface area contributed by atoms with Crippen molar-refractivity contribution in [3.05, 3.63) is 48.0 Å². The molecule has 0 saturated heterocycles. The van der Waals surface area contributed by atoms with Gasteiger partial charge in [0.2, 0.25) is 0 Å². The van der Waals surface area contributed by atoms with E-state index in [4.69, 9.17) is 14.6 Å².